The highest BCUT2D eigenvalue weighted by molar-refractivity contribution is 6.05. The van der Waals surface area contributed by atoms with Crippen molar-refractivity contribution < 1.29 is 32.9 Å². The molecule has 3 fully saturated rings. The third kappa shape index (κ3) is 8.08. The Balaban J connectivity index is 1.01. The van der Waals surface area contributed by atoms with Crippen molar-refractivity contribution in [1.82, 2.24) is 4.90 Å². The summed E-state index contributed by atoms with van der Waals surface area (Å²) in [5.74, 6) is 2.81. The maximum Gasteiger partial charge on any atom is 0.360 e. The Morgan fingerprint density at radius 1 is 0.843 bits per heavy atom. The zero-order valence-electron chi connectivity index (χ0n) is 29.8. The molecule has 3 aliphatic rings. The molecule has 51 heavy (non-hydrogen) atoms. The molecule has 2 unspecified atom stereocenters. The topological polar surface area (TPSA) is 109 Å². The molecular weight excluding hydrogens is 648 g/mol. The van der Waals surface area contributed by atoms with Gasteiger partial charge >= 0.3 is 5.63 Å². The summed E-state index contributed by atoms with van der Waals surface area (Å²) in [5, 5.41) is 3.46. The van der Waals surface area contributed by atoms with Gasteiger partial charge in [0.05, 0.1) is 33.5 Å². The van der Waals surface area contributed by atoms with Gasteiger partial charge < -0.3 is 33.4 Å². The quantitative estimate of drug-likeness (QED) is 0.155. The average molecular weight is 697 g/mol. The van der Waals surface area contributed by atoms with Crippen LogP contribution in [0.5, 0.6) is 17.2 Å². The molecule has 2 saturated heterocycles. The summed E-state index contributed by atoms with van der Waals surface area (Å²) < 4.78 is 34.7. The summed E-state index contributed by atoms with van der Waals surface area (Å²) in [7, 11) is 3.19. The first-order chi connectivity index (χ1) is 24.9. The molecule has 1 saturated carbocycles. The van der Waals surface area contributed by atoms with Crippen molar-refractivity contribution in [2.24, 2.45) is 11.8 Å². The van der Waals surface area contributed by atoms with E-state index in [0.717, 1.165) is 100 Å². The molecule has 270 valence electrons. The maximum atomic E-state index is 13.4. The first-order valence-electron chi connectivity index (χ1n) is 18.2. The number of carbonyl (C=O) groups excluding carboxylic acids is 1. The first kappa shape index (κ1) is 35.0. The molecule has 3 heterocycles. The Bertz CT molecular complexity index is 1870. The number of fused-ring (bicyclic) bond motifs is 1. The van der Waals surface area contributed by atoms with Crippen LogP contribution in [0.25, 0.3) is 22.1 Å². The molecule has 7 rings (SSSR count). The van der Waals surface area contributed by atoms with Crippen LogP contribution < -0.4 is 25.2 Å². The number of rotatable bonds is 12. The van der Waals surface area contributed by atoms with Crippen molar-refractivity contribution in [2.75, 3.05) is 59.1 Å². The molecule has 1 aromatic heterocycles. The molecule has 0 spiro atoms. The number of anilines is 1. The van der Waals surface area contributed by atoms with E-state index in [4.69, 9.17) is 28.1 Å². The lowest BCUT2D eigenvalue weighted by Gasteiger charge is -2.39. The van der Waals surface area contributed by atoms with Crippen LogP contribution in [0.2, 0.25) is 0 Å². The van der Waals surface area contributed by atoms with Gasteiger partial charge in [0.25, 0.3) is 5.91 Å². The standard InChI is InChI=1S/C41H48N2O8/c1-26-37(50-33-11-9-32(10-12-33)43(22-27-15-17-48-24-27)23-28-16-18-49-25-28)13-7-30-21-36(41(45)51-39(26)30)42-40(44)31-8-14-38(47-3)35(20-31)29-5-4-6-34(19-29)46-2/h4-8,13-14,19-21,27-28,32-33H,9-12,15-18,22-25H2,1-3H3,(H,42,44). The zero-order valence-corrected chi connectivity index (χ0v) is 29.8. The fourth-order valence-corrected chi connectivity index (χ4v) is 7.78. The van der Waals surface area contributed by atoms with Gasteiger partial charge in [-0.1, -0.05) is 12.1 Å². The average Bonchev–Trinajstić information content (AvgIpc) is 3.88. The number of ether oxygens (including phenoxy) is 5. The molecule has 4 aromatic rings. The second-order valence-electron chi connectivity index (χ2n) is 14.1. The zero-order chi connectivity index (χ0) is 35.3. The molecule has 3 aromatic carbocycles. The SMILES string of the molecule is COc1cccc(-c2cc(C(=O)Nc3cc4ccc(OC5CCC(N(CC6CCOC6)CC6CCOC6)CC5)c(C)c4oc3=O)ccc2OC)c1. The van der Waals surface area contributed by atoms with Crippen LogP contribution in [0.1, 0.15) is 54.4 Å². The van der Waals surface area contributed by atoms with Gasteiger partial charge in [-0.15, -0.1) is 0 Å². The fourth-order valence-electron chi connectivity index (χ4n) is 7.78. The summed E-state index contributed by atoms with van der Waals surface area (Å²) in [4.78, 5) is 29.3. The number of hydrogen-bond donors (Lipinski definition) is 1. The van der Waals surface area contributed by atoms with E-state index < -0.39 is 11.5 Å². The normalized spacial score (nSPS) is 22.0. The Morgan fingerprint density at radius 3 is 2.24 bits per heavy atom. The van der Waals surface area contributed by atoms with Gasteiger partial charge in [-0.25, -0.2) is 4.79 Å². The molecule has 2 atom stereocenters. The van der Waals surface area contributed by atoms with Gasteiger partial charge in [-0.3, -0.25) is 9.69 Å². The van der Waals surface area contributed by atoms with Gasteiger partial charge in [-0.2, -0.15) is 0 Å². The van der Waals surface area contributed by atoms with Crippen molar-refractivity contribution >= 4 is 22.6 Å². The Hall–Kier alpha value is -4.38. The predicted octanol–water partition coefficient (Wildman–Crippen LogP) is 7.10. The van der Waals surface area contributed by atoms with E-state index in [1.165, 1.54) is 0 Å². The van der Waals surface area contributed by atoms with Gasteiger partial charge in [0.1, 0.15) is 28.5 Å². The first-order valence-corrected chi connectivity index (χ1v) is 18.2. The summed E-state index contributed by atoms with van der Waals surface area (Å²) >= 11 is 0. The van der Waals surface area contributed by atoms with E-state index in [0.29, 0.717) is 45.9 Å². The largest absolute Gasteiger partial charge is 0.497 e. The molecule has 1 N–H and O–H groups in total. The predicted molar refractivity (Wildman–Crippen MR) is 196 cm³/mol. The number of carbonyl (C=O) groups is 1. The monoisotopic (exact) mass is 696 g/mol. The Morgan fingerprint density at radius 2 is 1.57 bits per heavy atom. The number of aryl methyl sites for hydroxylation is 1. The van der Waals surface area contributed by atoms with E-state index in [9.17, 15) is 9.59 Å². The number of methoxy groups -OCH3 is 2. The molecule has 10 heteroatoms. The van der Waals surface area contributed by atoms with Crippen molar-refractivity contribution in [1.29, 1.82) is 0 Å². The molecule has 0 bridgehead atoms. The van der Waals surface area contributed by atoms with E-state index >= 15 is 0 Å². The molecular formula is C41H48N2O8. The number of nitrogens with zero attached hydrogens (tertiary/aromatic N) is 1. The third-order valence-corrected chi connectivity index (χ3v) is 10.7. The highest BCUT2D eigenvalue weighted by atomic mass is 16.5. The molecule has 10 nitrogen and oxygen atoms in total. The van der Waals surface area contributed by atoms with Gasteiger partial charge in [0.2, 0.25) is 0 Å². The van der Waals surface area contributed by atoms with E-state index in [1.54, 1.807) is 38.5 Å². The van der Waals surface area contributed by atoms with Crippen molar-refractivity contribution in [3.05, 3.63) is 82.2 Å². The number of hydrogen-bond acceptors (Lipinski definition) is 9. The minimum atomic E-state index is -0.626. The number of nitrogens with one attached hydrogen (secondary N) is 1. The lowest BCUT2D eigenvalue weighted by atomic mass is 9.90. The van der Waals surface area contributed by atoms with E-state index in [2.05, 4.69) is 10.2 Å². The Kier molecular flexibility index (Phi) is 10.9. The Labute approximate surface area is 299 Å². The molecule has 0 radical (unpaired) electrons. The number of amides is 1. The minimum absolute atomic E-state index is 0.0653. The highest BCUT2D eigenvalue weighted by Gasteiger charge is 2.32. The summed E-state index contributed by atoms with van der Waals surface area (Å²) in [6, 6.07) is 18.7. The minimum Gasteiger partial charge on any atom is -0.497 e. The second-order valence-corrected chi connectivity index (χ2v) is 14.1. The van der Waals surface area contributed by atoms with Crippen LogP contribution in [0.4, 0.5) is 5.69 Å². The fraction of sp³-hybridized carbons (Fsp3) is 0.463. The molecule has 1 amide bonds. The van der Waals surface area contributed by atoms with Crippen molar-refractivity contribution in [3.8, 4) is 28.4 Å². The summed E-state index contributed by atoms with van der Waals surface area (Å²) in [6.45, 7) is 7.61. The van der Waals surface area contributed by atoms with Crippen LogP contribution in [0.3, 0.4) is 0 Å². The van der Waals surface area contributed by atoms with E-state index in [1.807, 2.05) is 43.3 Å². The van der Waals surface area contributed by atoms with Gasteiger partial charge in [0.15, 0.2) is 0 Å². The van der Waals surface area contributed by atoms with Crippen LogP contribution >= 0.6 is 0 Å². The molecule has 2 aliphatic heterocycles. The van der Waals surface area contributed by atoms with Crippen LogP contribution in [0.15, 0.2) is 69.9 Å². The lowest BCUT2D eigenvalue weighted by Crippen LogP contribution is -2.45. The summed E-state index contributed by atoms with van der Waals surface area (Å²) in [6.07, 6.45) is 6.52. The second kappa shape index (κ2) is 15.9. The lowest BCUT2D eigenvalue weighted by molar-refractivity contribution is 0.0632. The van der Waals surface area contributed by atoms with Crippen molar-refractivity contribution in [3.63, 3.8) is 0 Å². The van der Waals surface area contributed by atoms with Crippen LogP contribution in [0, 0.1) is 18.8 Å². The van der Waals surface area contributed by atoms with Gasteiger partial charge in [0, 0.05) is 54.4 Å². The van der Waals surface area contributed by atoms with Crippen LogP contribution in [-0.2, 0) is 9.47 Å². The number of benzene rings is 3. The van der Waals surface area contributed by atoms with Gasteiger partial charge in [-0.05, 0) is 111 Å². The molecule has 1 aliphatic carbocycles. The van der Waals surface area contributed by atoms with E-state index in [-0.39, 0.29) is 11.8 Å². The highest BCUT2D eigenvalue weighted by Crippen LogP contribution is 2.35. The van der Waals surface area contributed by atoms with Crippen molar-refractivity contribution in [2.45, 2.75) is 57.6 Å². The third-order valence-electron chi connectivity index (χ3n) is 10.7. The van der Waals surface area contributed by atoms with Crippen LogP contribution in [-0.4, -0.2) is 76.7 Å². The summed E-state index contributed by atoms with van der Waals surface area (Å²) in [5.41, 5.74) is 2.59. The maximum absolute atomic E-state index is 13.4. The smallest absolute Gasteiger partial charge is 0.360 e.